The molecule has 0 saturated heterocycles. The Morgan fingerprint density at radius 2 is 1.24 bits per heavy atom. The summed E-state index contributed by atoms with van der Waals surface area (Å²) in [5.41, 5.74) is 0. The van der Waals surface area contributed by atoms with Gasteiger partial charge in [0.25, 0.3) is 0 Å². The molecule has 25 heavy (non-hydrogen) atoms. The van der Waals surface area contributed by atoms with Crippen LogP contribution in [-0.4, -0.2) is 23.7 Å². The van der Waals surface area contributed by atoms with Gasteiger partial charge in [0, 0.05) is 14.7 Å². The van der Waals surface area contributed by atoms with Crippen LogP contribution in [0.4, 0.5) is 0 Å². The van der Waals surface area contributed by atoms with Crippen LogP contribution in [0.25, 0.3) is 0 Å². The van der Waals surface area contributed by atoms with Gasteiger partial charge >= 0.3 is 11.9 Å². The van der Waals surface area contributed by atoms with Gasteiger partial charge in [-0.25, -0.2) is 0 Å². The molecule has 0 aliphatic heterocycles. The van der Waals surface area contributed by atoms with Crippen LogP contribution in [0, 0.1) is 0 Å². The minimum atomic E-state index is -0.670. The lowest BCUT2D eigenvalue weighted by molar-refractivity contribution is -0.141. The first-order valence-corrected chi connectivity index (χ1v) is 9.89. The molecule has 0 aromatic carbocycles. The number of esters is 1. The summed E-state index contributed by atoms with van der Waals surface area (Å²) in [5, 5.41) is 8.27. The monoisotopic (exact) mass is 363 g/mol. The van der Waals surface area contributed by atoms with Crippen molar-refractivity contribution >= 4 is 11.9 Å². The number of hydrogen-bond donors (Lipinski definition) is 1. The number of rotatable bonds is 13. The van der Waals surface area contributed by atoms with Crippen molar-refractivity contribution in [2.45, 2.75) is 119 Å². The molecule has 0 aromatic rings. The summed E-state index contributed by atoms with van der Waals surface area (Å²) in [4.78, 5) is 20.4. The summed E-state index contributed by atoms with van der Waals surface area (Å²) in [5.74, 6) is -0.833. The molecular formula is C21H46O4. The Morgan fingerprint density at radius 1 is 0.840 bits per heavy atom. The SMILES string of the molecule is CC.CCCCCCCC(=O)O.CCCCCCCCOC(C)=O.[2H]C. The fourth-order valence-electron chi connectivity index (χ4n) is 1.98. The van der Waals surface area contributed by atoms with Gasteiger partial charge in [-0.1, -0.05) is 92.9 Å². The number of hydrogen-bond acceptors (Lipinski definition) is 3. The second kappa shape index (κ2) is 30.8. The first-order valence-electron chi connectivity index (χ1n) is 10.9. The lowest BCUT2D eigenvalue weighted by atomic mass is 10.1. The van der Waals surface area contributed by atoms with Gasteiger partial charge in [-0.2, -0.15) is 0 Å². The van der Waals surface area contributed by atoms with Crippen molar-refractivity contribution in [2.24, 2.45) is 0 Å². The molecule has 0 aromatic heterocycles. The molecule has 0 atom stereocenters. The fraction of sp³-hybridized carbons (Fsp3) is 0.905. The molecular weight excluding hydrogens is 316 g/mol. The van der Waals surface area contributed by atoms with Crippen LogP contribution < -0.4 is 0 Å². The van der Waals surface area contributed by atoms with E-state index >= 15 is 0 Å². The summed E-state index contributed by atoms with van der Waals surface area (Å²) in [6.45, 7) is 10.4. The zero-order valence-electron chi connectivity index (χ0n) is 18.9. The number of carboxylic acids is 1. The molecule has 0 saturated carbocycles. The Kier molecular flexibility index (Phi) is 35.4. The third-order valence-corrected chi connectivity index (χ3v) is 3.30. The second-order valence-corrected chi connectivity index (χ2v) is 5.67. The highest BCUT2D eigenvalue weighted by Crippen LogP contribution is 2.05. The highest BCUT2D eigenvalue weighted by molar-refractivity contribution is 5.66. The second-order valence-electron chi connectivity index (χ2n) is 5.67. The van der Waals surface area contributed by atoms with Gasteiger partial charge in [0.15, 0.2) is 0 Å². The van der Waals surface area contributed by atoms with Crippen molar-refractivity contribution in [2.75, 3.05) is 6.61 Å². The lowest BCUT2D eigenvalue weighted by Gasteiger charge is -2.01. The standard InChI is InChI=1S/C10H20O2.C8H16O2.C2H6.CH4/c1-3-4-5-6-7-8-9-12-10(2)11;1-2-3-4-5-6-7-8(9)10;1-2;/h3-9H2,1-2H3;2-7H2,1H3,(H,9,10);1-2H3;1H4/i;;;1D. The van der Waals surface area contributed by atoms with Crippen LogP contribution in [0.15, 0.2) is 0 Å². The van der Waals surface area contributed by atoms with Crippen molar-refractivity contribution < 1.29 is 20.8 Å². The van der Waals surface area contributed by atoms with Gasteiger partial charge in [-0.3, -0.25) is 9.59 Å². The van der Waals surface area contributed by atoms with Crippen LogP contribution in [0.1, 0.15) is 120 Å². The molecule has 0 spiro atoms. The highest BCUT2D eigenvalue weighted by atomic mass is 16.5. The summed E-state index contributed by atoms with van der Waals surface area (Å²) in [6, 6.07) is 0. The molecule has 0 fully saturated rings. The van der Waals surface area contributed by atoms with Crippen LogP contribution >= 0.6 is 0 Å². The summed E-state index contributed by atoms with van der Waals surface area (Å²) < 4.78 is 10.6. The zero-order valence-corrected chi connectivity index (χ0v) is 17.9. The van der Waals surface area contributed by atoms with Gasteiger partial charge in [0.2, 0.25) is 0 Å². The Balaban J connectivity index is -0.000000157. The third kappa shape index (κ3) is 45.1. The van der Waals surface area contributed by atoms with E-state index in [4.69, 9.17) is 11.2 Å². The first-order chi connectivity index (χ1) is 12.5. The van der Waals surface area contributed by atoms with E-state index in [1.807, 2.05) is 13.8 Å². The molecule has 4 nitrogen and oxygen atoms in total. The average molecular weight is 364 g/mol. The number of aliphatic carboxylic acids is 1. The molecule has 0 unspecified atom stereocenters. The Bertz CT molecular complexity index is 258. The van der Waals surface area contributed by atoms with Gasteiger partial charge in [-0.05, 0) is 12.8 Å². The predicted molar refractivity (Wildman–Crippen MR) is 109 cm³/mol. The van der Waals surface area contributed by atoms with E-state index in [0.717, 1.165) is 19.3 Å². The molecule has 4 heteroatoms. The van der Waals surface area contributed by atoms with E-state index < -0.39 is 5.97 Å². The number of ether oxygens (including phenoxy) is 1. The maximum atomic E-state index is 10.4. The molecule has 0 aliphatic rings. The average Bonchev–Trinajstić information content (AvgIpc) is 2.64. The summed E-state index contributed by atoms with van der Waals surface area (Å²) >= 11 is 0. The first kappa shape index (κ1) is 28.7. The largest absolute Gasteiger partial charge is 0.481 e. The number of unbranched alkanes of at least 4 members (excludes halogenated alkanes) is 9. The Labute approximate surface area is 159 Å². The predicted octanol–water partition coefficient (Wildman–Crippen LogP) is 7.00. The van der Waals surface area contributed by atoms with Gasteiger partial charge in [0.05, 0.1) is 6.61 Å². The van der Waals surface area contributed by atoms with Crippen molar-refractivity contribution in [3.05, 3.63) is 0 Å². The van der Waals surface area contributed by atoms with Crippen LogP contribution in [0.5, 0.6) is 0 Å². The van der Waals surface area contributed by atoms with Crippen molar-refractivity contribution in [1.82, 2.24) is 0 Å². The van der Waals surface area contributed by atoms with E-state index in [2.05, 4.69) is 13.8 Å². The van der Waals surface area contributed by atoms with E-state index in [9.17, 15) is 9.59 Å². The van der Waals surface area contributed by atoms with Crippen LogP contribution in [0.2, 0.25) is 0 Å². The maximum Gasteiger partial charge on any atom is 0.303 e. The van der Waals surface area contributed by atoms with Crippen LogP contribution in [-0.2, 0) is 14.3 Å². The third-order valence-electron chi connectivity index (χ3n) is 3.30. The van der Waals surface area contributed by atoms with Crippen molar-refractivity contribution in [3.8, 4) is 0 Å². The number of carboxylic acid groups (broad SMARTS) is 1. The van der Waals surface area contributed by atoms with E-state index in [1.54, 1.807) is 0 Å². The molecule has 0 rings (SSSR count). The van der Waals surface area contributed by atoms with E-state index in [-0.39, 0.29) is 5.97 Å². The number of carbonyl (C=O) groups excluding carboxylic acids is 1. The van der Waals surface area contributed by atoms with Gasteiger partial charge in [-0.15, -0.1) is 0 Å². The minimum absolute atomic E-state index is 0.163. The quantitative estimate of drug-likeness (QED) is 0.282. The van der Waals surface area contributed by atoms with Gasteiger partial charge < -0.3 is 9.84 Å². The molecule has 154 valence electrons. The van der Waals surface area contributed by atoms with E-state index in [1.165, 1.54) is 65.7 Å². The molecule has 0 amide bonds. The normalized spacial score (nSPS) is 9.12. The molecule has 0 radical (unpaired) electrons. The summed E-state index contributed by atoms with van der Waals surface area (Å²) in [6.07, 6.45) is 13.3. The van der Waals surface area contributed by atoms with Crippen molar-refractivity contribution in [1.29, 1.82) is 0 Å². The maximum absolute atomic E-state index is 10.4. The fourth-order valence-corrected chi connectivity index (χ4v) is 1.98. The van der Waals surface area contributed by atoms with Crippen LogP contribution in [0.3, 0.4) is 0 Å². The number of carbonyl (C=O) groups is 2. The Hall–Kier alpha value is -1.06. The molecule has 0 heterocycles. The lowest BCUT2D eigenvalue weighted by Crippen LogP contribution is -1.99. The van der Waals surface area contributed by atoms with Gasteiger partial charge in [0.1, 0.15) is 0 Å². The zero-order chi connectivity index (χ0) is 21.1. The summed E-state index contributed by atoms with van der Waals surface area (Å²) in [7, 11) is 1.25. The molecule has 0 aliphatic carbocycles. The topological polar surface area (TPSA) is 63.6 Å². The van der Waals surface area contributed by atoms with E-state index in [0.29, 0.717) is 13.0 Å². The van der Waals surface area contributed by atoms with Crippen molar-refractivity contribution in [3.63, 3.8) is 0 Å². The smallest absolute Gasteiger partial charge is 0.303 e. The Morgan fingerprint density at radius 3 is 1.64 bits per heavy atom. The highest BCUT2D eigenvalue weighted by Gasteiger charge is 1.95. The molecule has 0 bridgehead atoms. The minimum Gasteiger partial charge on any atom is -0.481 e. The molecule has 1 N–H and O–H groups in total.